The van der Waals surface area contributed by atoms with Gasteiger partial charge >= 0.3 is 5.69 Å². The van der Waals surface area contributed by atoms with Gasteiger partial charge in [0.1, 0.15) is 0 Å². The molecule has 0 aliphatic rings. The number of nitrogens with zero attached hydrogens (tertiary/aromatic N) is 2. The number of nitro groups is 1. The Morgan fingerprint density at radius 1 is 1.29 bits per heavy atom. The zero-order valence-corrected chi connectivity index (χ0v) is 13.1. The van der Waals surface area contributed by atoms with Gasteiger partial charge < -0.3 is 14.9 Å². The molecule has 24 heavy (non-hydrogen) atoms. The highest BCUT2D eigenvalue weighted by atomic mass is 16.6. The number of fused-ring (bicyclic) bond motifs is 1. The fraction of sp³-hybridized carbons (Fsp3) is 0.118. The van der Waals surface area contributed by atoms with Crippen molar-refractivity contribution >= 4 is 22.7 Å². The van der Waals surface area contributed by atoms with E-state index >= 15 is 0 Å². The highest BCUT2D eigenvalue weighted by molar-refractivity contribution is 6.11. The van der Waals surface area contributed by atoms with Crippen LogP contribution in [0.25, 0.3) is 5.52 Å². The van der Waals surface area contributed by atoms with E-state index in [0.717, 1.165) is 5.52 Å². The van der Waals surface area contributed by atoms with Crippen LogP contribution in [-0.4, -0.2) is 22.2 Å². The maximum atomic E-state index is 12.9. The quantitative estimate of drug-likeness (QED) is 0.451. The van der Waals surface area contributed by atoms with Gasteiger partial charge in [0.05, 0.1) is 28.9 Å². The van der Waals surface area contributed by atoms with Crippen LogP contribution in [0.15, 0.2) is 42.6 Å². The number of ketones is 1. The van der Waals surface area contributed by atoms with E-state index in [0.29, 0.717) is 22.5 Å². The van der Waals surface area contributed by atoms with Gasteiger partial charge in [-0.05, 0) is 31.2 Å². The fourth-order valence-corrected chi connectivity index (χ4v) is 2.74. The Hall–Kier alpha value is -3.35. The Morgan fingerprint density at radius 3 is 2.71 bits per heavy atom. The minimum absolute atomic E-state index is 0.0392. The summed E-state index contributed by atoms with van der Waals surface area (Å²) in [6, 6.07) is 9.53. The lowest BCUT2D eigenvalue weighted by molar-refractivity contribution is -0.385. The van der Waals surface area contributed by atoms with E-state index in [9.17, 15) is 14.9 Å². The first-order valence-electron chi connectivity index (χ1n) is 7.18. The van der Waals surface area contributed by atoms with E-state index in [1.807, 2.05) is 12.1 Å². The van der Waals surface area contributed by atoms with Gasteiger partial charge in [0.15, 0.2) is 5.75 Å². The monoisotopic (exact) mass is 325 g/mol. The molecule has 0 unspecified atom stereocenters. The summed E-state index contributed by atoms with van der Waals surface area (Å²) in [5.41, 5.74) is 8.57. The average Bonchev–Trinajstić information content (AvgIpc) is 2.85. The van der Waals surface area contributed by atoms with Crippen molar-refractivity contribution in [3.63, 3.8) is 0 Å². The first-order valence-corrected chi connectivity index (χ1v) is 7.18. The Kier molecular flexibility index (Phi) is 3.69. The molecular weight excluding hydrogens is 310 g/mol. The number of methoxy groups -OCH3 is 1. The zero-order chi connectivity index (χ0) is 17.4. The van der Waals surface area contributed by atoms with Crippen LogP contribution in [-0.2, 0) is 0 Å². The number of aromatic nitrogens is 1. The van der Waals surface area contributed by atoms with Gasteiger partial charge in [-0.15, -0.1) is 0 Å². The summed E-state index contributed by atoms with van der Waals surface area (Å²) in [4.78, 5) is 23.4. The molecule has 0 amide bonds. The van der Waals surface area contributed by atoms with E-state index in [1.54, 1.807) is 23.6 Å². The summed E-state index contributed by atoms with van der Waals surface area (Å²) in [7, 11) is 1.33. The number of nitrogens with two attached hydrogens (primary N) is 1. The molecule has 0 radical (unpaired) electrons. The van der Waals surface area contributed by atoms with Gasteiger partial charge in [-0.25, -0.2) is 0 Å². The molecule has 3 rings (SSSR count). The number of pyridine rings is 1. The van der Waals surface area contributed by atoms with Gasteiger partial charge in [0, 0.05) is 23.4 Å². The SMILES string of the molecule is COc1cc(C(=O)c2c(C)c(N)c3ccccn23)ccc1[N+](=O)[O-]. The predicted octanol–water partition coefficient (Wildman–Crippen LogP) is 2.98. The van der Waals surface area contributed by atoms with Gasteiger partial charge in [0.2, 0.25) is 5.78 Å². The standard InChI is InChI=1S/C17H15N3O4/c1-10-15(18)13-5-3-4-8-19(13)16(10)17(21)11-6-7-12(20(22)23)14(9-11)24-2/h3-9H,18H2,1-2H3. The minimum atomic E-state index is -0.553. The molecule has 1 aromatic carbocycles. The number of nitro benzene ring substituents is 1. The summed E-state index contributed by atoms with van der Waals surface area (Å²) in [6.45, 7) is 1.78. The fourth-order valence-electron chi connectivity index (χ4n) is 2.74. The molecule has 0 saturated carbocycles. The van der Waals surface area contributed by atoms with Gasteiger partial charge in [-0.3, -0.25) is 14.9 Å². The third-order valence-corrected chi connectivity index (χ3v) is 3.99. The van der Waals surface area contributed by atoms with Crippen LogP contribution >= 0.6 is 0 Å². The number of benzene rings is 1. The number of rotatable bonds is 4. The highest BCUT2D eigenvalue weighted by Crippen LogP contribution is 2.31. The molecule has 2 heterocycles. The Labute approximate surface area is 137 Å². The third kappa shape index (κ3) is 2.26. The lowest BCUT2D eigenvalue weighted by Gasteiger charge is -2.06. The molecule has 7 nitrogen and oxygen atoms in total. The number of ether oxygens (including phenoxy) is 1. The van der Waals surface area contributed by atoms with Crippen LogP contribution in [0, 0.1) is 17.0 Å². The van der Waals surface area contributed by atoms with Crippen molar-refractivity contribution in [3.8, 4) is 5.75 Å². The molecule has 0 aliphatic carbocycles. The van der Waals surface area contributed by atoms with Crippen LogP contribution in [0.4, 0.5) is 11.4 Å². The predicted molar refractivity (Wildman–Crippen MR) is 89.6 cm³/mol. The number of carbonyl (C=O) groups is 1. The van der Waals surface area contributed by atoms with Crippen molar-refractivity contribution in [1.82, 2.24) is 4.40 Å². The first kappa shape index (κ1) is 15.5. The van der Waals surface area contributed by atoms with Crippen molar-refractivity contribution in [3.05, 3.63) is 69.5 Å². The smallest absolute Gasteiger partial charge is 0.310 e. The maximum absolute atomic E-state index is 12.9. The second-order valence-corrected chi connectivity index (χ2v) is 5.32. The van der Waals surface area contributed by atoms with Crippen molar-refractivity contribution in [1.29, 1.82) is 0 Å². The minimum Gasteiger partial charge on any atom is -0.490 e. The van der Waals surface area contributed by atoms with Crippen molar-refractivity contribution in [2.75, 3.05) is 12.8 Å². The normalized spacial score (nSPS) is 10.8. The largest absolute Gasteiger partial charge is 0.490 e. The average molecular weight is 325 g/mol. The summed E-state index contributed by atoms with van der Waals surface area (Å²) in [6.07, 6.45) is 1.76. The molecule has 7 heteroatoms. The molecule has 0 atom stereocenters. The number of nitrogen functional groups attached to an aromatic ring is 1. The van der Waals surface area contributed by atoms with Crippen molar-refractivity contribution in [2.45, 2.75) is 6.92 Å². The molecule has 0 aliphatic heterocycles. The molecule has 0 spiro atoms. The lowest BCUT2D eigenvalue weighted by Crippen LogP contribution is -2.07. The Bertz CT molecular complexity index is 975. The van der Waals surface area contributed by atoms with Crippen LogP contribution in [0.3, 0.4) is 0 Å². The van der Waals surface area contributed by atoms with E-state index < -0.39 is 4.92 Å². The van der Waals surface area contributed by atoms with Crippen molar-refractivity contribution in [2.24, 2.45) is 0 Å². The second-order valence-electron chi connectivity index (χ2n) is 5.32. The number of hydrogen-bond donors (Lipinski definition) is 1. The van der Waals surface area contributed by atoms with E-state index in [2.05, 4.69) is 0 Å². The number of hydrogen-bond acceptors (Lipinski definition) is 5. The van der Waals surface area contributed by atoms with Gasteiger partial charge in [-0.1, -0.05) is 6.07 Å². The Balaban J connectivity index is 2.17. The van der Waals surface area contributed by atoms with Gasteiger partial charge in [-0.2, -0.15) is 0 Å². The molecule has 0 fully saturated rings. The zero-order valence-electron chi connectivity index (χ0n) is 13.1. The number of carbonyl (C=O) groups excluding carboxylic acids is 1. The van der Waals surface area contributed by atoms with E-state index in [1.165, 1.54) is 25.3 Å². The summed E-state index contributed by atoms with van der Waals surface area (Å²) in [5, 5.41) is 11.0. The Morgan fingerprint density at radius 2 is 2.04 bits per heavy atom. The second kappa shape index (κ2) is 5.69. The van der Waals surface area contributed by atoms with Crippen LogP contribution in [0.1, 0.15) is 21.6 Å². The van der Waals surface area contributed by atoms with Crippen LogP contribution in [0.5, 0.6) is 5.75 Å². The van der Waals surface area contributed by atoms with Gasteiger partial charge in [0.25, 0.3) is 0 Å². The summed E-state index contributed by atoms with van der Waals surface area (Å²) in [5.74, 6) is -0.240. The molecule has 122 valence electrons. The summed E-state index contributed by atoms with van der Waals surface area (Å²) < 4.78 is 6.75. The number of anilines is 1. The summed E-state index contributed by atoms with van der Waals surface area (Å²) >= 11 is 0. The lowest BCUT2D eigenvalue weighted by atomic mass is 10.0. The van der Waals surface area contributed by atoms with E-state index in [-0.39, 0.29) is 17.2 Å². The van der Waals surface area contributed by atoms with Crippen LogP contribution in [0.2, 0.25) is 0 Å². The molecule has 2 N–H and O–H groups in total. The topological polar surface area (TPSA) is 99.9 Å². The van der Waals surface area contributed by atoms with E-state index in [4.69, 9.17) is 10.5 Å². The molecule has 2 aromatic heterocycles. The third-order valence-electron chi connectivity index (χ3n) is 3.99. The van der Waals surface area contributed by atoms with Crippen molar-refractivity contribution < 1.29 is 14.5 Å². The van der Waals surface area contributed by atoms with Crippen LogP contribution < -0.4 is 10.5 Å². The molecular formula is C17H15N3O4. The maximum Gasteiger partial charge on any atom is 0.310 e. The molecule has 0 bridgehead atoms. The first-order chi connectivity index (χ1) is 11.5. The molecule has 3 aromatic rings. The molecule has 0 saturated heterocycles. The highest BCUT2D eigenvalue weighted by Gasteiger charge is 2.23.